The number of ether oxygens (including phenoxy) is 2. The quantitative estimate of drug-likeness (QED) is 0.798. The molecule has 122 valence electrons. The van der Waals surface area contributed by atoms with Crippen molar-refractivity contribution >= 4 is 5.97 Å². The van der Waals surface area contributed by atoms with Gasteiger partial charge < -0.3 is 15.2 Å². The van der Waals surface area contributed by atoms with Gasteiger partial charge in [-0.3, -0.25) is 4.79 Å². The highest BCUT2D eigenvalue weighted by Gasteiger charge is 2.14. The molecule has 0 aromatic heterocycles. The number of hydrogen-bond donors (Lipinski definition) is 1. The summed E-state index contributed by atoms with van der Waals surface area (Å²) in [6, 6.07) is 15.1. The van der Waals surface area contributed by atoms with Crippen LogP contribution in [0.25, 0.3) is 0 Å². The number of aryl methyl sites for hydroxylation is 1. The average molecular weight is 313 g/mol. The monoisotopic (exact) mass is 313 g/mol. The molecule has 0 spiro atoms. The van der Waals surface area contributed by atoms with Crippen molar-refractivity contribution in [1.29, 1.82) is 0 Å². The molecule has 0 aliphatic rings. The summed E-state index contributed by atoms with van der Waals surface area (Å²) in [5, 5.41) is 0. The highest BCUT2D eigenvalue weighted by Crippen LogP contribution is 2.16. The van der Waals surface area contributed by atoms with Crippen molar-refractivity contribution in [3.8, 4) is 5.75 Å². The van der Waals surface area contributed by atoms with E-state index >= 15 is 0 Å². The fourth-order valence-corrected chi connectivity index (χ4v) is 2.24. The van der Waals surface area contributed by atoms with Crippen LogP contribution in [-0.4, -0.2) is 18.6 Å². The highest BCUT2D eigenvalue weighted by molar-refractivity contribution is 5.75. The van der Waals surface area contributed by atoms with E-state index in [4.69, 9.17) is 15.2 Å². The van der Waals surface area contributed by atoms with Crippen LogP contribution in [0, 0.1) is 6.92 Å². The fraction of sp³-hybridized carbons (Fsp3) is 0.316. The van der Waals surface area contributed by atoms with Gasteiger partial charge in [0.15, 0.2) is 0 Å². The van der Waals surface area contributed by atoms with Crippen molar-refractivity contribution < 1.29 is 14.3 Å². The minimum absolute atomic E-state index is 0.345. The largest absolute Gasteiger partial charge is 0.489 e. The van der Waals surface area contributed by atoms with Crippen LogP contribution in [0.3, 0.4) is 0 Å². The number of hydrogen-bond acceptors (Lipinski definition) is 4. The van der Waals surface area contributed by atoms with E-state index in [0.29, 0.717) is 19.6 Å². The van der Waals surface area contributed by atoms with E-state index in [-0.39, 0.29) is 5.97 Å². The highest BCUT2D eigenvalue weighted by atomic mass is 16.5. The van der Waals surface area contributed by atoms with E-state index in [0.717, 1.165) is 11.3 Å². The molecule has 0 heterocycles. The predicted octanol–water partition coefficient (Wildman–Crippen LogP) is 3.01. The molecule has 0 saturated carbocycles. The zero-order valence-electron chi connectivity index (χ0n) is 13.6. The Morgan fingerprint density at radius 1 is 1.13 bits per heavy atom. The van der Waals surface area contributed by atoms with Gasteiger partial charge in [-0.25, -0.2) is 0 Å². The van der Waals surface area contributed by atoms with Crippen molar-refractivity contribution in [2.45, 2.75) is 32.9 Å². The van der Waals surface area contributed by atoms with Gasteiger partial charge >= 0.3 is 5.97 Å². The van der Waals surface area contributed by atoms with E-state index < -0.39 is 6.04 Å². The molecule has 23 heavy (non-hydrogen) atoms. The van der Waals surface area contributed by atoms with Crippen molar-refractivity contribution in [3.63, 3.8) is 0 Å². The Bertz CT molecular complexity index is 637. The Hall–Kier alpha value is -2.33. The maximum Gasteiger partial charge on any atom is 0.323 e. The van der Waals surface area contributed by atoms with Gasteiger partial charge in [0.1, 0.15) is 18.4 Å². The van der Waals surface area contributed by atoms with Gasteiger partial charge in [-0.2, -0.15) is 0 Å². The molecular weight excluding hydrogens is 290 g/mol. The van der Waals surface area contributed by atoms with E-state index in [9.17, 15) is 4.79 Å². The molecular formula is C19H23NO3. The van der Waals surface area contributed by atoms with Crippen molar-refractivity contribution in [2.75, 3.05) is 6.61 Å². The number of esters is 1. The molecule has 4 nitrogen and oxygen atoms in total. The summed E-state index contributed by atoms with van der Waals surface area (Å²) >= 11 is 0. The normalized spacial score (nSPS) is 11.8. The van der Waals surface area contributed by atoms with Gasteiger partial charge in [0.05, 0.1) is 6.61 Å². The van der Waals surface area contributed by atoms with Crippen LogP contribution in [0.15, 0.2) is 48.5 Å². The van der Waals surface area contributed by atoms with Crippen LogP contribution in [0.2, 0.25) is 0 Å². The second-order valence-corrected chi connectivity index (χ2v) is 5.42. The lowest BCUT2D eigenvalue weighted by Gasteiger charge is -2.12. The molecule has 2 aromatic carbocycles. The van der Waals surface area contributed by atoms with Crippen LogP contribution in [0.5, 0.6) is 5.75 Å². The number of carbonyl (C=O) groups is 1. The van der Waals surface area contributed by atoms with Gasteiger partial charge in [0.25, 0.3) is 0 Å². The molecule has 1 atom stereocenters. The third kappa shape index (κ3) is 5.11. The zero-order chi connectivity index (χ0) is 16.7. The lowest BCUT2D eigenvalue weighted by Crippen LogP contribution is -2.34. The summed E-state index contributed by atoms with van der Waals surface area (Å²) in [6.45, 7) is 4.72. The Kier molecular flexibility index (Phi) is 6.18. The molecule has 2 N–H and O–H groups in total. The molecule has 2 rings (SSSR count). The number of nitrogens with two attached hydrogens (primary N) is 1. The lowest BCUT2D eigenvalue weighted by atomic mass is 10.1. The summed E-state index contributed by atoms with van der Waals surface area (Å²) in [5.41, 5.74) is 9.18. The maximum atomic E-state index is 11.5. The lowest BCUT2D eigenvalue weighted by molar-refractivity contribution is -0.144. The first-order valence-electron chi connectivity index (χ1n) is 7.78. The van der Waals surface area contributed by atoms with Gasteiger partial charge in [-0.05, 0) is 49.1 Å². The molecule has 0 aliphatic carbocycles. The second-order valence-electron chi connectivity index (χ2n) is 5.42. The summed E-state index contributed by atoms with van der Waals surface area (Å²) in [5.74, 6) is 0.425. The van der Waals surface area contributed by atoms with Crippen LogP contribution >= 0.6 is 0 Å². The minimum atomic E-state index is -0.631. The van der Waals surface area contributed by atoms with Crippen LogP contribution < -0.4 is 10.5 Å². The Morgan fingerprint density at radius 3 is 2.48 bits per heavy atom. The fourth-order valence-electron chi connectivity index (χ4n) is 2.24. The minimum Gasteiger partial charge on any atom is -0.489 e. The maximum absolute atomic E-state index is 11.5. The van der Waals surface area contributed by atoms with Crippen molar-refractivity contribution in [2.24, 2.45) is 5.73 Å². The van der Waals surface area contributed by atoms with Crippen LogP contribution in [-0.2, 0) is 22.6 Å². The summed E-state index contributed by atoms with van der Waals surface area (Å²) < 4.78 is 10.7. The molecule has 4 heteroatoms. The third-order valence-electron chi connectivity index (χ3n) is 3.62. The third-order valence-corrected chi connectivity index (χ3v) is 3.62. The zero-order valence-corrected chi connectivity index (χ0v) is 13.6. The first-order valence-corrected chi connectivity index (χ1v) is 7.78. The summed E-state index contributed by atoms with van der Waals surface area (Å²) in [6.07, 6.45) is 0.455. The molecule has 0 amide bonds. The Morgan fingerprint density at radius 2 is 1.83 bits per heavy atom. The molecule has 1 unspecified atom stereocenters. The molecule has 0 radical (unpaired) electrons. The van der Waals surface area contributed by atoms with E-state index in [1.165, 1.54) is 11.1 Å². The van der Waals surface area contributed by atoms with Gasteiger partial charge in [0.2, 0.25) is 0 Å². The SMILES string of the molecule is CCOC(=O)C(N)Cc1ccc(OCc2ccccc2C)cc1. The van der Waals surface area contributed by atoms with E-state index in [1.807, 2.05) is 36.4 Å². The second kappa shape index (κ2) is 8.34. The van der Waals surface area contributed by atoms with Gasteiger partial charge in [-0.15, -0.1) is 0 Å². The van der Waals surface area contributed by atoms with E-state index in [1.54, 1.807) is 6.92 Å². The molecule has 2 aromatic rings. The Balaban J connectivity index is 1.89. The number of benzene rings is 2. The van der Waals surface area contributed by atoms with Gasteiger partial charge in [0, 0.05) is 0 Å². The van der Waals surface area contributed by atoms with Crippen molar-refractivity contribution in [1.82, 2.24) is 0 Å². The summed E-state index contributed by atoms with van der Waals surface area (Å²) in [4.78, 5) is 11.5. The summed E-state index contributed by atoms with van der Waals surface area (Å²) in [7, 11) is 0. The number of carbonyl (C=O) groups excluding carboxylic acids is 1. The van der Waals surface area contributed by atoms with E-state index in [2.05, 4.69) is 19.1 Å². The molecule has 0 aliphatic heterocycles. The molecule has 0 fully saturated rings. The smallest absolute Gasteiger partial charge is 0.323 e. The standard InChI is InChI=1S/C19H23NO3/c1-3-22-19(21)18(20)12-15-8-10-17(11-9-15)23-13-16-7-5-4-6-14(16)2/h4-11,18H,3,12-13,20H2,1-2H3. The molecule has 0 bridgehead atoms. The van der Waals surface area contributed by atoms with Gasteiger partial charge in [-0.1, -0.05) is 36.4 Å². The van der Waals surface area contributed by atoms with Crippen LogP contribution in [0.1, 0.15) is 23.6 Å². The molecule has 0 saturated heterocycles. The first-order chi connectivity index (χ1) is 11.1. The average Bonchev–Trinajstić information content (AvgIpc) is 2.55. The van der Waals surface area contributed by atoms with Crippen LogP contribution in [0.4, 0.5) is 0 Å². The Labute approximate surface area is 137 Å². The van der Waals surface area contributed by atoms with Crippen molar-refractivity contribution in [3.05, 3.63) is 65.2 Å². The predicted molar refractivity (Wildman–Crippen MR) is 90.3 cm³/mol. The number of rotatable bonds is 7. The topological polar surface area (TPSA) is 61.5 Å². The first kappa shape index (κ1) is 17.0.